The van der Waals surface area contributed by atoms with E-state index in [9.17, 15) is 8.42 Å². The smallest absolute Gasteiger partial charge is 0.206 e. The monoisotopic (exact) mass is 354 g/mol. The maximum absolute atomic E-state index is 12.4. The topological polar surface area (TPSA) is 34.1 Å². The lowest BCUT2D eigenvalue weighted by Gasteiger charge is -2.07. The molecule has 0 heterocycles. The van der Waals surface area contributed by atoms with Crippen LogP contribution in [0, 0.1) is 0 Å². The Labute approximate surface area is 130 Å². The molecule has 0 radical (unpaired) electrons. The van der Waals surface area contributed by atoms with Gasteiger partial charge in [0.25, 0.3) is 0 Å². The minimum atomic E-state index is -3.70. The van der Waals surface area contributed by atoms with Gasteiger partial charge in [-0.05, 0) is 36.4 Å². The van der Waals surface area contributed by atoms with Crippen molar-refractivity contribution < 1.29 is 8.42 Å². The first-order chi connectivity index (χ1) is 8.82. The lowest BCUT2D eigenvalue weighted by Crippen LogP contribution is -2.02. The molecule has 2 aromatic rings. The molecular weight excluding hydrogens is 350 g/mol. The number of benzene rings is 2. The zero-order valence-electron chi connectivity index (χ0n) is 9.20. The van der Waals surface area contributed by atoms with Gasteiger partial charge in [0.1, 0.15) is 0 Å². The summed E-state index contributed by atoms with van der Waals surface area (Å²) in [4.78, 5) is 0.0839. The standard InChI is InChI=1S/C12H6Cl4O2S/c13-9-3-1-7(5-11(9)15)19(17,18)8-2-4-10(14)12(16)6-8/h1-6H. The van der Waals surface area contributed by atoms with E-state index in [0.717, 1.165) is 0 Å². The summed E-state index contributed by atoms with van der Waals surface area (Å²) in [5, 5.41) is 0.912. The van der Waals surface area contributed by atoms with Crippen molar-refractivity contribution in [1.82, 2.24) is 0 Å². The maximum Gasteiger partial charge on any atom is 0.206 e. The molecule has 7 heteroatoms. The molecule has 0 aromatic heterocycles. The summed E-state index contributed by atoms with van der Waals surface area (Å²) in [6, 6.07) is 8.20. The Balaban J connectivity index is 2.58. The van der Waals surface area contributed by atoms with E-state index < -0.39 is 9.84 Å². The van der Waals surface area contributed by atoms with Gasteiger partial charge < -0.3 is 0 Å². The normalized spacial score (nSPS) is 11.6. The number of hydrogen-bond acceptors (Lipinski definition) is 2. The highest BCUT2D eigenvalue weighted by Crippen LogP contribution is 2.31. The molecule has 0 aliphatic heterocycles. The van der Waals surface area contributed by atoms with E-state index in [1.807, 2.05) is 0 Å². The van der Waals surface area contributed by atoms with Gasteiger partial charge in [-0.2, -0.15) is 0 Å². The van der Waals surface area contributed by atoms with Gasteiger partial charge in [0, 0.05) is 0 Å². The second-order valence-electron chi connectivity index (χ2n) is 3.66. The van der Waals surface area contributed by atoms with Gasteiger partial charge in [-0.1, -0.05) is 46.4 Å². The Hall–Kier alpha value is -0.450. The second-order valence-corrected chi connectivity index (χ2v) is 7.23. The first kappa shape index (κ1) is 14.9. The molecule has 0 saturated carbocycles. The fourth-order valence-corrected chi connectivity index (χ4v) is 3.46. The molecule has 100 valence electrons. The van der Waals surface area contributed by atoms with Crippen LogP contribution in [0.2, 0.25) is 20.1 Å². The van der Waals surface area contributed by atoms with E-state index in [-0.39, 0.29) is 29.9 Å². The fraction of sp³-hybridized carbons (Fsp3) is 0. The molecule has 0 N–H and O–H groups in total. The summed E-state index contributed by atoms with van der Waals surface area (Å²) in [5.74, 6) is 0. The predicted molar refractivity (Wildman–Crippen MR) is 78.4 cm³/mol. The molecular formula is C12H6Cl4O2S. The van der Waals surface area contributed by atoms with Crippen LogP contribution in [0.1, 0.15) is 0 Å². The van der Waals surface area contributed by atoms with Crippen molar-refractivity contribution in [2.45, 2.75) is 9.79 Å². The summed E-state index contributed by atoms with van der Waals surface area (Å²) in [6.07, 6.45) is 0. The molecule has 0 amide bonds. The average molecular weight is 356 g/mol. The van der Waals surface area contributed by atoms with Crippen LogP contribution in [-0.2, 0) is 9.84 Å². The van der Waals surface area contributed by atoms with Gasteiger partial charge in [-0.25, -0.2) is 8.42 Å². The Kier molecular flexibility index (Phi) is 4.33. The molecule has 0 spiro atoms. The highest BCUT2D eigenvalue weighted by Gasteiger charge is 2.19. The molecule has 2 aromatic carbocycles. The highest BCUT2D eigenvalue weighted by molar-refractivity contribution is 7.91. The minimum absolute atomic E-state index is 0.0419. The summed E-state index contributed by atoms with van der Waals surface area (Å²) < 4.78 is 24.7. The largest absolute Gasteiger partial charge is 0.219 e. The second kappa shape index (κ2) is 5.51. The Bertz CT molecular complexity index is 684. The molecule has 0 bridgehead atoms. The lowest BCUT2D eigenvalue weighted by molar-refractivity contribution is 0.596. The number of rotatable bonds is 2. The number of halogens is 4. The Morgan fingerprint density at radius 3 is 1.32 bits per heavy atom. The number of hydrogen-bond donors (Lipinski definition) is 0. The van der Waals surface area contributed by atoms with Crippen LogP contribution in [0.4, 0.5) is 0 Å². The summed E-state index contributed by atoms with van der Waals surface area (Å²) in [5.41, 5.74) is 0. The predicted octanol–water partition coefficient (Wildman–Crippen LogP) is 5.13. The first-order valence-corrected chi connectivity index (χ1v) is 7.97. The van der Waals surface area contributed by atoms with E-state index in [1.165, 1.54) is 36.4 Å². The molecule has 0 atom stereocenters. The van der Waals surface area contributed by atoms with Gasteiger partial charge in [0.15, 0.2) is 0 Å². The van der Waals surface area contributed by atoms with Gasteiger partial charge >= 0.3 is 0 Å². The molecule has 0 aliphatic carbocycles. The van der Waals surface area contributed by atoms with Crippen LogP contribution in [0.3, 0.4) is 0 Å². The zero-order chi connectivity index (χ0) is 14.2. The Morgan fingerprint density at radius 1 is 0.632 bits per heavy atom. The van der Waals surface area contributed by atoms with Crippen molar-refractivity contribution in [3.05, 3.63) is 56.5 Å². The van der Waals surface area contributed by atoms with Crippen molar-refractivity contribution in [2.24, 2.45) is 0 Å². The first-order valence-electron chi connectivity index (χ1n) is 4.97. The third-order valence-electron chi connectivity index (χ3n) is 2.40. The maximum atomic E-state index is 12.4. The van der Waals surface area contributed by atoms with E-state index in [2.05, 4.69) is 0 Å². The quantitative estimate of drug-likeness (QED) is 0.747. The van der Waals surface area contributed by atoms with Crippen LogP contribution in [0.5, 0.6) is 0 Å². The summed E-state index contributed by atoms with van der Waals surface area (Å²) >= 11 is 23.2. The molecule has 2 nitrogen and oxygen atoms in total. The third kappa shape index (κ3) is 3.01. The van der Waals surface area contributed by atoms with Crippen LogP contribution in [-0.4, -0.2) is 8.42 Å². The lowest BCUT2D eigenvalue weighted by atomic mass is 10.3. The molecule has 0 aliphatic rings. The van der Waals surface area contributed by atoms with E-state index in [4.69, 9.17) is 46.4 Å². The highest BCUT2D eigenvalue weighted by atomic mass is 35.5. The van der Waals surface area contributed by atoms with Crippen LogP contribution >= 0.6 is 46.4 Å². The molecule has 2 rings (SSSR count). The van der Waals surface area contributed by atoms with Crippen molar-refractivity contribution in [3.8, 4) is 0 Å². The van der Waals surface area contributed by atoms with Crippen LogP contribution in [0.25, 0.3) is 0 Å². The van der Waals surface area contributed by atoms with E-state index in [0.29, 0.717) is 0 Å². The number of sulfone groups is 1. The van der Waals surface area contributed by atoms with Crippen molar-refractivity contribution in [2.75, 3.05) is 0 Å². The Morgan fingerprint density at radius 2 is 1.00 bits per heavy atom. The van der Waals surface area contributed by atoms with Gasteiger partial charge in [-0.15, -0.1) is 0 Å². The van der Waals surface area contributed by atoms with Gasteiger partial charge in [0.2, 0.25) is 9.84 Å². The van der Waals surface area contributed by atoms with E-state index >= 15 is 0 Å². The van der Waals surface area contributed by atoms with Crippen molar-refractivity contribution in [1.29, 1.82) is 0 Å². The average Bonchev–Trinajstić information content (AvgIpc) is 2.35. The van der Waals surface area contributed by atoms with Gasteiger partial charge in [0.05, 0.1) is 29.9 Å². The molecule has 19 heavy (non-hydrogen) atoms. The minimum Gasteiger partial charge on any atom is -0.219 e. The summed E-state index contributed by atoms with van der Waals surface area (Å²) in [7, 11) is -3.70. The SMILES string of the molecule is O=S(=O)(c1ccc(Cl)c(Cl)c1)c1ccc(Cl)c(Cl)c1. The van der Waals surface area contributed by atoms with Crippen LogP contribution < -0.4 is 0 Å². The summed E-state index contributed by atoms with van der Waals surface area (Å²) in [6.45, 7) is 0. The van der Waals surface area contributed by atoms with Crippen molar-refractivity contribution in [3.63, 3.8) is 0 Å². The van der Waals surface area contributed by atoms with Crippen LogP contribution in [0.15, 0.2) is 46.2 Å². The van der Waals surface area contributed by atoms with Gasteiger partial charge in [-0.3, -0.25) is 0 Å². The van der Waals surface area contributed by atoms with E-state index in [1.54, 1.807) is 0 Å². The molecule has 0 fully saturated rings. The fourth-order valence-electron chi connectivity index (χ4n) is 1.42. The zero-order valence-corrected chi connectivity index (χ0v) is 13.0. The molecule has 0 saturated heterocycles. The molecule has 0 unspecified atom stereocenters. The third-order valence-corrected chi connectivity index (χ3v) is 5.63. The van der Waals surface area contributed by atoms with Crippen molar-refractivity contribution >= 4 is 56.2 Å².